The van der Waals surface area contributed by atoms with Crippen molar-refractivity contribution in [2.45, 2.75) is 45.7 Å². The van der Waals surface area contributed by atoms with E-state index < -0.39 is 0 Å². The normalized spacial score (nSPS) is 17.7. The van der Waals surface area contributed by atoms with Gasteiger partial charge in [-0.1, -0.05) is 48.5 Å². The zero-order valence-electron chi connectivity index (χ0n) is 26.7. The average molecular weight is 618 g/mol. The van der Waals surface area contributed by atoms with E-state index in [1.807, 2.05) is 83.6 Å². The summed E-state index contributed by atoms with van der Waals surface area (Å²) >= 11 is 0. The summed E-state index contributed by atoms with van der Waals surface area (Å²) in [6.45, 7) is 7.27. The number of benzene rings is 2. The Labute approximate surface area is 272 Å². The summed E-state index contributed by atoms with van der Waals surface area (Å²) in [5.41, 5.74) is 4.17. The number of carbonyl (C=O) groups is 2. The van der Waals surface area contributed by atoms with Gasteiger partial charge in [0, 0.05) is 69.0 Å². The van der Waals surface area contributed by atoms with Crippen LogP contribution in [0, 0.1) is 12.3 Å². The van der Waals surface area contributed by atoms with Gasteiger partial charge in [-0.3, -0.25) is 24.5 Å². The first kappa shape index (κ1) is 31.4. The molecule has 1 saturated heterocycles. The Morgan fingerprint density at radius 3 is 2.35 bits per heavy atom. The SMILES string of the molecule is Cc1ncccc1C(=O)N1CCC2(CCCN(Cc3cccnc3)CCN(Cc3ccccc3)C(=O)c3ccccc3OC2)CC1. The summed E-state index contributed by atoms with van der Waals surface area (Å²) < 4.78 is 6.60. The molecule has 0 unspecified atom stereocenters. The number of carbonyl (C=O) groups excluding carboxylic acids is 2. The number of hydrogen-bond donors (Lipinski definition) is 0. The van der Waals surface area contributed by atoms with Crippen LogP contribution < -0.4 is 4.74 Å². The van der Waals surface area contributed by atoms with Crippen LogP contribution in [-0.4, -0.2) is 75.8 Å². The van der Waals surface area contributed by atoms with Gasteiger partial charge >= 0.3 is 0 Å². The molecule has 4 heterocycles. The third-order valence-electron chi connectivity index (χ3n) is 9.50. The highest BCUT2D eigenvalue weighted by Gasteiger charge is 2.37. The van der Waals surface area contributed by atoms with Crippen LogP contribution >= 0.6 is 0 Å². The number of fused-ring (bicyclic) bond motifs is 1. The number of hydrogen-bond acceptors (Lipinski definition) is 6. The van der Waals surface area contributed by atoms with Gasteiger partial charge in [0.25, 0.3) is 11.8 Å². The zero-order chi connectivity index (χ0) is 31.8. The zero-order valence-corrected chi connectivity index (χ0v) is 26.7. The molecule has 4 aromatic rings. The number of aromatic nitrogens is 2. The maximum atomic E-state index is 14.2. The average Bonchev–Trinajstić information content (AvgIpc) is 3.10. The molecule has 2 aliphatic heterocycles. The predicted octanol–water partition coefficient (Wildman–Crippen LogP) is 6.02. The molecule has 0 aliphatic carbocycles. The van der Waals surface area contributed by atoms with E-state index in [4.69, 9.17) is 4.74 Å². The fraction of sp³-hybridized carbons (Fsp3) is 0.368. The van der Waals surface area contributed by atoms with Crippen molar-refractivity contribution in [1.29, 1.82) is 0 Å². The first-order chi connectivity index (χ1) is 22.5. The second kappa shape index (κ2) is 14.7. The lowest BCUT2D eigenvalue weighted by atomic mass is 9.75. The number of pyridine rings is 2. The number of amides is 2. The molecule has 0 radical (unpaired) electrons. The first-order valence-corrected chi connectivity index (χ1v) is 16.4. The summed E-state index contributed by atoms with van der Waals surface area (Å²) in [5, 5.41) is 0. The summed E-state index contributed by atoms with van der Waals surface area (Å²) in [7, 11) is 0. The summed E-state index contributed by atoms with van der Waals surface area (Å²) in [6.07, 6.45) is 9.12. The Kier molecular flexibility index (Phi) is 10.0. The Hall–Kier alpha value is -4.56. The Bertz CT molecular complexity index is 1610. The van der Waals surface area contributed by atoms with E-state index >= 15 is 0 Å². The standard InChI is InChI=1S/C38H43N5O3/c1-30-33(14-8-20-40-30)36(44)42-22-17-38(18-23-42)16-9-21-41(27-32-12-7-19-39-26-32)24-25-43(28-31-10-3-2-4-11-31)37(45)34-13-5-6-15-35(34)46-29-38/h2-8,10-15,19-20,26H,9,16-18,21-25,27-29H2,1H3. The molecule has 2 aliphatic rings. The molecule has 46 heavy (non-hydrogen) atoms. The predicted molar refractivity (Wildman–Crippen MR) is 178 cm³/mol. The number of piperidine rings is 1. The molecule has 2 aromatic carbocycles. The smallest absolute Gasteiger partial charge is 0.257 e. The molecule has 238 valence electrons. The van der Waals surface area contributed by atoms with Crippen LogP contribution in [0.25, 0.3) is 0 Å². The second-order valence-corrected chi connectivity index (χ2v) is 12.7. The summed E-state index contributed by atoms with van der Waals surface area (Å²) in [6, 6.07) is 25.6. The molecule has 0 atom stereocenters. The van der Waals surface area contributed by atoms with Crippen molar-refractivity contribution in [3.63, 3.8) is 0 Å². The van der Waals surface area contributed by atoms with Gasteiger partial charge in [-0.05, 0) is 80.6 Å². The van der Waals surface area contributed by atoms with Crippen LogP contribution in [-0.2, 0) is 13.1 Å². The van der Waals surface area contributed by atoms with Crippen molar-refractivity contribution in [2.75, 3.05) is 39.3 Å². The van der Waals surface area contributed by atoms with Crippen molar-refractivity contribution in [2.24, 2.45) is 5.41 Å². The molecule has 0 N–H and O–H groups in total. The molecule has 1 spiro atoms. The van der Waals surface area contributed by atoms with Crippen LogP contribution in [0.15, 0.2) is 97.5 Å². The van der Waals surface area contributed by atoms with Crippen molar-refractivity contribution in [3.05, 3.63) is 125 Å². The lowest BCUT2D eigenvalue weighted by Gasteiger charge is -2.42. The highest BCUT2D eigenvalue weighted by molar-refractivity contribution is 5.97. The lowest BCUT2D eigenvalue weighted by molar-refractivity contribution is 0.0348. The van der Waals surface area contributed by atoms with E-state index in [1.54, 1.807) is 12.4 Å². The van der Waals surface area contributed by atoms with Crippen LogP contribution in [0.1, 0.15) is 63.2 Å². The van der Waals surface area contributed by atoms with E-state index in [1.165, 1.54) is 0 Å². The topological polar surface area (TPSA) is 78.9 Å². The highest BCUT2D eigenvalue weighted by Crippen LogP contribution is 2.38. The van der Waals surface area contributed by atoms with Crippen LogP contribution in [0.4, 0.5) is 0 Å². The van der Waals surface area contributed by atoms with E-state index in [0.717, 1.165) is 62.1 Å². The largest absolute Gasteiger partial charge is 0.492 e. The van der Waals surface area contributed by atoms with E-state index in [9.17, 15) is 9.59 Å². The number of rotatable bonds is 5. The Balaban J connectivity index is 1.26. The first-order valence-electron chi connectivity index (χ1n) is 16.4. The molecular weight excluding hydrogens is 574 g/mol. The minimum atomic E-state index is -0.103. The van der Waals surface area contributed by atoms with Crippen molar-refractivity contribution < 1.29 is 14.3 Å². The van der Waals surface area contributed by atoms with Gasteiger partial charge in [0.05, 0.1) is 17.7 Å². The van der Waals surface area contributed by atoms with Crippen molar-refractivity contribution in [1.82, 2.24) is 24.7 Å². The third kappa shape index (κ3) is 7.62. The third-order valence-corrected chi connectivity index (χ3v) is 9.50. The molecule has 2 amide bonds. The van der Waals surface area contributed by atoms with E-state index in [-0.39, 0.29) is 17.2 Å². The molecule has 1 fully saturated rings. The monoisotopic (exact) mass is 617 g/mol. The minimum absolute atomic E-state index is 0.0265. The molecule has 2 aromatic heterocycles. The molecule has 8 heteroatoms. The van der Waals surface area contributed by atoms with Crippen LogP contribution in [0.5, 0.6) is 5.75 Å². The Morgan fingerprint density at radius 2 is 1.57 bits per heavy atom. The van der Waals surface area contributed by atoms with E-state index in [2.05, 4.69) is 33.1 Å². The van der Waals surface area contributed by atoms with Crippen LogP contribution in [0.3, 0.4) is 0 Å². The van der Waals surface area contributed by atoms with Gasteiger partial charge in [-0.25, -0.2) is 0 Å². The summed E-state index contributed by atoms with van der Waals surface area (Å²) in [5.74, 6) is 0.644. The summed E-state index contributed by atoms with van der Waals surface area (Å²) in [4.78, 5) is 42.7. The Morgan fingerprint density at radius 1 is 0.804 bits per heavy atom. The fourth-order valence-corrected chi connectivity index (χ4v) is 6.72. The highest BCUT2D eigenvalue weighted by atomic mass is 16.5. The fourth-order valence-electron chi connectivity index (χ4n) is 6.72. The quantitative estimate of drug-likeness (QED) is 0.272. The molecule has 0 bridgehead atoms. The molecular formula is C38H43N5O3. The van der Waals surface area contributed by atoms with Gasteiger partial charge in [0.15, 0.2) is 0 Å². The van der Waals surface area contributed by atoms with Crippen molar-refractivity contribution in [3.8, 4) is 5.75 Å². The van der Waals surface area contributed by atoms with Gasteiger partial charge < -0.3 is 14.5 Å². The molecule has 0 saturated carbocycles. The number of likely N-dealkylation sites (tertiary alicyclic amines) is 1. The molecule has 6 rings (SSSR count). The lowest BCUT2D eigenvalue weighted by Crippen LogP contribution is -2.46. The van der Waals surface area contributed by atoms with E-state index in [0.29, 0.717) is 49.7 Å². The minimum Gasteiger partial charge on any atom is -0.492 e. The second-order valence-electron chi connectivity index (χ2n) is 12.7. The maximum absolute atomic E-state index is 14.2. The van der Waals surface area contributed by atoms with Crippen LogP contribution in [0.2, 0.25) is 0 Å². The number of para-hydroxylation sites is 1. The van der Waals surface area contributed by atoms with Gasteiger partial charge in [0.2, 0.25) is 0 Å². The maximum Gasteiger partial charge on any atom is 0.257 e. The molecule has 8 nitrogen and oxygen atoms in total. The number of aryl methyl sites for hydroxylation is 1. The van der Waals surface area contributed by atoms with Gasteiger partial charge in [-0.2, -0.15) is 0 Å². The van der Waals surface area contributed by atoms with Crippen molar-refractivity contribution >= 4 is 11.8 Å². The number of ether oxygens (including phenoxy) is 1. The number of nitrogens with zero attached hydrogens (tertiary/aromatic N) is 5. The van der Waals surface area contributed by atoms with Gasteiger partial charge in [-0.15, -0.1) is 0 Å². The van der Waals surface area contributed by atoms with Gasteiger partial charge in [0.1, 0.15) is 5.75 Å².